The lowest BCUT2D eigenvalue weighted by Crippen LogP contribution is -2.63. The van der Waals surface area contributed by atoms with Gasteiger partial charge in [0.25, 0.3) is 0 Å². The molecule has 3 aliphatic heterocycles. The van der Waals surface area contributed by atoms with Crippen LogP contribution in [0.25, 0.3) is 0 Å². The first-order chi connectivity index (χ1) is 14.7. The number of hydrogen-bond acceptors (Lipinski definition) is 10. The molecule has 0 aromatic rings. The maximum Gasteiger partial charge on any atom is 0.306 e. The Bertz CT molecular complexity index is 808. The molecule has 31 heavy (non-hydrogen) atoms. The molecule has 10 heteroatoms. The van der Waals surface area contributed by atoms with Crippen LogP contribution in [0.5, 0.6) is 0 Å². The van der Waals surface area contributed by atoms with Crippen LogP contribution in [0.4, 0.5) is 0 Å². The van der Waals surface area contributed by atoms with Crippen molar-refractivity contribution in [3.05, 3.63) is 11.8 Å². The van der Waals surface area contributed by atoms with Crippen LogP contribution in [0, 0.1) is 5.92 Å². The summed E-state index contributed by atoms with van der Waals surface area (Å²) in [5, 5.41) is 27.6. The molecule has 4 rings (SSSR count). The Balaban J connectivity index is 1.38. The Morgan fingerprint density at radius 2 is 2.03 bits per heavy atom. The lowest BCUT2D eigenvalue weighted by Gasteiger charge is -2.47. The minimum atomic E-state index is -1.20. The third-order valence-corrected chi connectivity index (χ3v) is 7.50. The van der Waals surface area contributed by atoms with E-state index in [9.17, 15) is 15.0 Å². The Morgan fingerprint density at radius 1 is 1.32 bits per heavy atom. The maximum absolute atomic E-state index is 12.3. The zero-order valence-corrected chi connectivity index (χ0v) is 18.1. The minimum absolute atomic E-state index is 0.123. The van der Waals surface area contributed by atoms with E-state index in [1.165, 1.54) is 6.34 Å². The lowest BCUT2D eigenvalue weighted by atomic mass is 9.76. The van der Waals surface area contributed by atoms with Gasteiger partial charge in [0.05, 0.1) is 11.2 Å². The van der Waals surface area contributed by atoms with Gasteiger partial charge in [-0.1, -0.05) is 6.08 Å². The van der Waals surface area contributed by atoms with E-state index in [0.29, 0.717) is 24.4 Å². The highest BCUT2D eigenvalue weighted by atomic mass is 16.6. The second-order valence-electron chi connectivity index (χ2n) is 9.49. The largest absolute Gasteiger partial charge is 0.463 e. The first kappa shape index (κ1) is 22.2. The van der Waals surface area contributed by atoms with Crippen LogP contribution >= 0.6 is 0 Å². The summed E-state index contributed by atoms with van der Waals surface area (Å²) in [7, 11) is 0. The molecule has 10 nitrogen and oxygen atoms in total. The highest BCUT2D eigenvalue weighted by Gasteiger charge is 2.64. The SMILES string of the molecule is CC1([C@]2(C)O[C@H](COC(=O)C[C@H]3CC[C@H](N)CC3)[C@@H](O)[C@H]2O)CC=C2C(N)=NC=NN21. The minimum Gasteiger partial charge on any atom is -0.463 e. The summed E-state index contributed by atoms with van der Waals surface area (Å²) in [5.74, 6) is 0.299. The van der Waals surface area contributed by atoms with Gasteiger partial charge < -0.3 is 31.2 Å². The molecule has 1 saturated carbocycles. The quantitative estimate of drug-likeness (QED) is 0.439. The molecule has 0 bridgehead atoms. The second-order valence-corrected chi connectivity index (χ2v) is 9.49. The van der Waals surface area contributed by atoms with Gasteiger partial charge in [-0.3, -0.25) is 9.80 Å². The molecule has 2 fully saturated rings. The number of nitrogens with zero attached hydrogens (tertiary/aromatic N) is 3. The van der Waals surface area contributed by atoms with Gasteiger partial charge in [-0.05, 0) is 51.9 Å². The average molecular weight is 436 g/mol. The Morgan fingerprint density at radius 3 is 2.74 bits per heavy atom. The second kappa shape index (κ2) is 8.16. The molecule has 0 radical (unpaired) electrons. The predicted octanol–water partition coefficient (Wildman–Crippen LogP) is -0.0211. The number of carbonyl (C=O) groups is 1. The fraction of sp³-hybridized carbons (Fsp3) is 0.762. The van der Waals surface area contributed by atoms with Crippen LogP contribution in [0.3, 0.4) is 0 Å². The number of aliphatic hydroxyl groups is 2. The molecule has 1 saturated heterocycles. The zero-order valence-electron chi connectivity index (χ0n) is 18.1. The van der Waals surface area contributed by atoms with Crippen LogP contribution in [-0.2, 0) is 14.3 Å². The summed E-state index contributed by atoms with van der Waals surface area (Å²) in [4.78, 5) is 16.3. The summed E-state index contributed by atoms with van der Waals surface area (Å²) >= 11 is 0. The lowest BCUT2D eigenvalue weighted by molar-refractivity contribution is -0.166. The van der Waals surface area contributed by atoms with Crippen LogP contribution in [0.1, 0.15) is 52.4 Å². The molecular weight excluding hydrogens is 402 g/mol. The van der Waals surface area contributed by atoms with E-state index in [0.717, 1.165) is 25.7 Å². The Hall–Kier alpha value is -2.01. The van der Waals surface area contributed by atoms with Gasteiger partial charge in [0.15, 0.2) is 5.84 Å². The van der Waals surface area contributed by atoms with E-state index in [1.807, 2.05) is 13.0 Å². The van der Waals surface area contributed by atoms with E-state index in [4.69, 9.17) is 20.9 Å². The summed E-state index contributed by atoms with van der Waals surface area (Å²) in [5.41, 5.74) is 10.6. The normalized spacial score (nSPS) is 42.2. The first-order valence-corrected chi connectivity index (χ1v) is 11.0. The number of fused-ring (bicyclic) bond motifs is 1. The number of rotatable bonds is 5. The van der Waals surface area contributed by atoms with Crippen molar-refractivity contribution in [2.75, 3.05) is 6.61 Å². The zero-order chi connectivity index (χ0) is 22.4. The van der Waals surface area contributed by atoms with E-state index >= 15 is 0 Å². The van der Waals surface area contributed by atoms with Gasteiger partial charge in [0.2, 0.25) is 0 Å². The van der Waals surface area contributed by atoms with Crippen molar-refractivity contribution in [1.29, 1.82) is 0 Å². The van der Waals surface area contributed by atoms with Crippen molar-refractivity contribution in [2.24, 2.45) is 27.5 Å². The topological polar surface area (TPSA) is 156 Å². The van der Waals surface area contributed by atoms with Gasteiger partial charge in [-0.25, -0.2) is 4.99 Å². The van der Waals surface area contributed by atoms with Crippen molar-refractivity contribution in [1.82, 2.24) is 5.01 Å². The number of aliphatic imine (C=N–C) groups is 1. The number of carbonyl (C=O) groups excluding carboxylic acids is 1. The third-order valence-electron chi connectivity index (χ3n) is 7.50. The van der Waals surface area contributed by atoms with Gasteiger partial charge in [0.1, 0.15) is 36.9 Å². The summed E-state index contributed by atoms with van der Waals surface area (Å²) in [6.45, 7) is 3.51. The van der Waals surface area contributed by atoms with Gasteiger partial charge >= 0.3 is 5.97 Å². The monoisotopic (exact) mass is 435 g/mol. The van der Waals surface area contributed by atoms with Crippen molar-refractivity contribution < 1.29 is 24.5 Å². The molecule has 0 spiro atoms. The molecule has 0 amide bonds. The molecule has 1 aliphatic carbocycles. The molecule has 0 aromatic heterocycles. The highest BCUT2D eigenvalue weighted by Crippen LogP contribution is 2.49. The van der Waals surface area contributed by atoms with Gasteiger partial charge in [-0.15, -0.1) is 0 Å². The molecular formula is C21H33N5O5. The first-order valence-electron chi connectivity index (χ1n) is 11.0. The number of hydrogen-bond donors (Lipinski definition) is 4. The number of hydrazone groups is 1. The standard InChI is InChI=1S/C21H33N5O5/c1-20(8-7-14-19(23)24-11-25-26(14)20)21(2)18(29)17(28)15(31-21)10-30-16(27)9-12-3-5-13(22)6-4-12/h7,11-13,15,17-18,28-29H,3-6,8-10,22H2,1-2H3,(H2,23,24,25)/t12-,13-,15-,17-,18-,20?,21-/m1/s1. The van der Waals surface area contributed by atoms with E-state index < -0.39 is 29.5 Å². The number of nitrogens with two attached hydrogens (primary N) is 2. The molecule has 6 N–H and O–H groups in total. The maximum atomic E-state index is 12.3. The van der Waals surface area contributed by atoms with Gasteiger partial charge in [-0.2, -0.15) is 5.10 Å². The molecule has 0 aromatic carbocycles. The van der Waals surface area contributed by atoms with E-state index in [-0.39, 0.29) is 24.5 Å². The number of esters is 1. The van der Waals surface area contributed by atoms with E-state index in [1.54, 1.807) is 11.9 Å². The van der Waals surface area contributed by atoms with Crippen molar-refractivity contribution >= 4 is 18.1 Å². The summed E-state index contributed by atoms with van der Waals surface area (Å²) in [6.07, 6.45) is 4.53. The fourth-order valence-electron chi connectivity index (χ4n) is 5.18. The van der Waals surface area contributed by atoms with Crippen molar-refractivity contribution in [3.8, 4) is 0 Å². The van der Waals surface area contributed by atoms with Gasteiger partial charge in [0, 0.05) is 12.5 Å². The highest BCUT2D eigenvalue weighted by molar-refractivity contribution is 6.02. The Labute approximate surface area is 182 Å². The number of ether oxygens (including phenoxy) is 2. The van der Waals surface area contributed by atoms with Crippen LogP contribution in [0.2, 0.25) is 0 Å². The third kappa shape index (κ3) is 3.75. The number of amidine groups is 1. The fourth-order valence-corrected chi connectivity index (χ4v) is 5.18. The molecule has 1 unspecified atom stereocenters. The number of aliphatic hydroxyl groups excluding tert-OH is 2. The van der Waals surface area contributed by atoms with E-state index in [2.05, 4.69) is 10.1 Å². The molecule has 3 heterocycles. The Kier molecular flexibility index (Phi) is 5.84. The summed E-state index contributed by atoms with van der Waals surface area (Å²) in [6, 6.07) is 0.228. The molecule has 4 aliphatic rings. The average Bonchev–Trinajstić information content (AvgIpc) is 3.21. The van der Waals surface area contributed by atoms with Crippen LogP contribution in [-0.4, -0.2) is 75.5 Å². The van der Waals surface area contributed by atoms with Crippen LogP contribution < -0.4 is 11.5 Å². The predicted molar refractivity (Wildman–Crippen MR) is 114 cm³/mol. The van der Waals surface area contributed by atoms with Crippen molar-refractivity contribution in [3.63, 3.8) is 0 Å². The van der Waals surface area contributed by atoms with Crippen molar-refractivity contribution in [2.45, 2.75) is 87.9 Å². The summed E-state index contributed by atoms with van der Waals surface area (Å²) < 4.78 is 11.6. The van der Waals surface area contributed by atoms with Crippen LogP contribution in [0.15, 0.2) is 21.9 Å². The smallest absolute Gasteiger partial charge is 0.306 e. The molecule has 5 atom stereocenters. The molecule has 172 valence electrons.